The van der Waals surface area contributed by atoms with Gasteiger partial charge in [0.1, 0.15) is 5.82 Å². The number of nitrogens with zero attached hydrogens (tertiary/aromatic N) is 2. The number of rotatable bonds is 1. The van der Waals surface area contributed by atoms with Crippen LogP contribution in [-0.4, -0.2) is 9.55 Å². The van der Waals surface area contributed by atoms with Crippen molar-refractivity contribution in [2.45, 2.75) is 32.6 Å². The molecule has 0 fully saturated rings. The highest BCUT2D eigenvalue weighted by molar-refractivity contribution is 7.16. The Morgan fingerprint density at radius 1 is 1.24 bits per heavy atom. The summed E-state index contributed by atoms with van der Waals surface area (Å²) >= 11 is 1.76. The van der Waals surface area contributed by atoms with Gasteiger partial charge in [-0.3, -0.25) is 0 Å². The van der Waals surface area contributed by atoms with Gasteiger partial charge in [-0.2, -0.15) is 0 Å². The number of aryl methyl sites for hydroxylation is 3. The number of anilines is 1. The molecule has 3 nitrogen and oxygen atoms in total. The second-order valence-electron chi connectivity index (χ2n) is 5.89. The zero-order chi connectivity index (χ0) is 14.6. The summed E-state index contributed by atoms with van der Waals surface area (Å²) in [5.74, 6) is 1.02. The third kappa shape index (κ3) is 1.82. The molecule has 0 amide bonds. The van der Waals surface area contributed by atoms with E-state index in [0.29, 0.717) is 0 Å². The largest absolute Gasteiger partial charge is 0.390 e. The predicted octanol–water partition coefficient (Wildman–Crippen LogP) is 4.07. The van der Waals surface area contributed by atoms with Crippen molar-refractivity contribution < 1.29 is 0 Å². The Kier molecular flexibility index (Phi) is 2.82. The number of hydrogen-bond donors (Lipinski definition) is 1. The smallest absolute Gasteiger partial charge is 0.144 e. The standard InChI is InChI=1S/C17H19N3S/c1-10-6-5-8-12-15(10)20(2)17(19-12)14-11-7-3-4-9-13(11)21-16(14)18/h5-6,8H,3-4,7,9,18H2,1-2H3. The summed E-state index contributed by atoms with van der Waals surface area (Å²) in [5.41, 5.74) is 12.5. The van der Waals surface area contributed by atoms with Gasteiger partial charge in [-0.15, -0.1) is 11.3 Å². The summed E-state index contributed by atoms with van der Waals surface area (Å²) in [6, 6.07) is 6.29. The molecular formula is C17H19N3S. The molecular weight excluding hydrogens is 278 g/mol. The van der Waals surface area contributed by atoms with Gasteiger partial charge in [0, 0.05) is 11.9 Å². The average molecular weight is 297 g/mol. The number of para-hydroxylation sites is 1. The Morgan fingerprint density at radius 2 is 2.05 bits per heavy atom. The second-order valence-corrected chi connectivity index (χ2v) is 7.02. The van der Waals surface area contributed by atoms with Crippen LogP contribution in [0.4, 0.5) is 5.00 Å². The Morgan fingerprint density at radius 3 is 2.86 bits per heavy atom. The average Bonchev–Trinajstić information content (AvgIpc) is 2.96. The molecule has 0 spiro atoms. The highest BCUT2D eigenvalue weighted by Gasteiger charge is 2.24. The molecule has 4 rings (SSSR count). The molecule has 21 heavy (non-hydrogen) atoms. The topological polar surface area (TPSA) is 43.8 Å². The first kappa shape index (κ1) is 12.9. The SMILES string of the molecule is Cc1cccc2nc(-c3c(N)sc4c3CCCC4)n(C)c12. The van der Waals surface area contributed by atoms with Crippen LogP contribution in [0.5, 0.6) is 0 Å². The highest BCUT2D eigenvalue weighted by atomic mass is 32.1. The Balaban J connectivity index is 2.01. The number of thiophene rings is 1. The third-order valence-electron chi connectivity index (χ3n) is 4.52. The van der Waals surface area contributed by atoms with Crippen LogP contribution in [0.2, 0.25) is 0 Å². The number of benzene rings is 1. The van der Waals surface area contributed by atoms with Crippen LogP contribution in [0.3, 0.4) is 0 Å². The third-order valence-corrected chi connectivity index (χ3v) is 5.64. The fourth-order valence-corrected chi connectivity index (χ4v) is 4.68. The van der Waals surface area contributed by atoms with Crippen LogP contribution >= 0.6 is 11.3 Å². The molecule has 0 bridgehead atoms. The van der Waals surface area contributed by atoms with Gasteiger partial charge in [-0.05, 0) is 49.8 Å². The second kappa shape index (κ2) is 4.60. The van der Waals surface area contributed by atoms with Crippen LogP contribution in [0, 0.1) is 6.92 Å². The minimum atomic E-state index is 0.929. The summed E-state index contributed by atoms with van der Waals surface area (Å²) < 4.78 is 2.21. The molecule has 2 heterocycles. The fraction of sp³-hybridized carbons (Fsp3) is 0.353. The Bertz CT molecular complexity index is 841. The first-order valence-electron chi connectivity index (χ1n) is 7.49. The van der Waals surface area contributed by atoms with Gasteiger partial charge in [-0.25, -0.2) is 4.98 Å². The number of imidazole rings is 1. The van der Waals surface area contributed by atoms with Crippen molar-refractivity contribution in [1.82, 2.24) is 9.55 Å². The lowest BCUT2D eigenvalue weighted by Crippen LogP contribution is -2.02. The maximum absolute atomic E-state index is 6.35. The van der Waals surface area contributed by atoms with Gasteiger partial charge in [0.15, 0.2) is 0 Å². The highest BCUT2D eigenvalue weighted by Crippen LogP contribution is 2.42. The van der Waals surface area contributed by atoms with E-state index >= 15 is 0 Å². The summed E-state index contributed by atoms with van der Waals surface area (Å²) in [6.07, 6.45) is 4.86. The van der Waals surface area contributed by atoms with Crippen LogP contribution in [0.15, 0.2) is 18.2 Å². The lowest BCUT2D eigenvalue weighted by atomic mass is 9.95. The molecule has 3 aromatic rings. The maximum Gasteiger partial charge on any atom is 0.144 e. The summed E-state index contributed by atoms with van der Waals surface area (Å²) in [5, 5.41) is 0.929. The molecule has 1 aliphatic carbocycles. The molecule has 0 saturated heterocycles. The molecule has 0 unspecified atom stereocenters. The number of nitrogen functional groups attached to an aromatic ring is 1. The number of nitrogens with two attached hydrogens (primary N) is 1. The Labute approximate surface area is 128 Å². The molecule has 0 radical (unpaired) electrons. The quantitative estimate of drug-likeness (QED) is 0.735. The van der Waals surface area contributed by atoms with Crippen molar-refractivity contribution in [1.29, 1.82) is 0 Å². The fourth-order valence-electron chi connectivity index (χ4n) is 3.52. The number of fused-ring (bicyclic) bond motifs is 2. The van der Waals surface area contributed by atoms with Crippen LogP contribution in [0.1, 0.15) is 28.8 Å². The Hall–Kier alpha value is -1.81. The normalized spacial score (nSPS) is 14.6. The summed E-state index contributed by atoms with van der Waals surface area (Å²) in [4.78, 5) is 6.34. The minimum Gasteiger partial charge on any atom is -0.390 e. The lowest BCUT2D eigenvalue weighted by molar-refractivity contribution is 0.697. The van der Waals surface area contributed by atoms with E-state index in [-0.39, 0.29) is 0 Å². The predicted molar refractivity (Wildman–Crippen MR) is 89.8 cm³/mol. The van der Waals surface area contributed by atoms with E-state index in [1.54, 1.807) is 11.3 Å². The van der Waals surface area contributed by atoms with Crippen LogP contribution in [0.25, 0.3) is 22.4 Å². The van der Waals surface area contributed by atoms with Gasteiger partial charge in [0.05, 0.1) is 21.6 Å². The van der Waals surface area contributed by atoms with Crippen LogP contribution < -0.4 is 5.73 Å². The number of aromatic nitrogens is 2. The van der Waals surface area contributed by atoms with Crippen molar-refractivity contribution in [3.05, 3.63) is 34.2 Å². The summed E-state index contributed by atoms with van der Waals surface area (Å²) in [7, 11) is 2.10. The lowest BCUT2D eigenvalue weighted by Gasteiger charge is -2.12. The molecule has 1 aromatic carbocycles. The van der Waals surface area contributed by atoms with E-state index in [2.05, 4.69) is 36.7 Å². The van der Waals surface area contributed by atoms with E-state index in [1.165, 1.54) is 46.3 Å². The van der Waals surface area contributed by atoms with Crippen molar-refractivity contribution >= 4 is 27.4 Å². The van der Waals surface area contributed by atoms with Gasteiger partial charge >= 0.3 is 0 Å². The van der Waals surface area contributed by atoms with Crippen molar-refractivity contribution in [3.8, 4) is 11.4 Å². The molecule has 1 aliphatic rings. The maximum atomic E-state index is 6.35. The van der Waals surface area contributed by atoms with Crippen LogP contribution in [-0.2, 0) is 19.9 Å². The van der Waals surface area contributed by atoms with Crippen molar-refractivity contribution in [2.24, 2.45) is 7.05 Å². The zero-order valence-electron chi connectivity index (χ0n) is 12.4. The van der Waals surface area contributed by atoms with E-state index in [1.807, 2.05) is 0 Å². The first-order chi connectivity index (χ1) is 10.2. The monoisotopic (exact) mass is 297 g/mol. The van der Waals surface area contributed by atoms with E-state index in [4.69, 9.17) is 10.7 Å². The molecule has 0 aliphatic heterocycles. The van der Waals surface area contributed by atoms with E-state index in [9.17, 15) is 0 Å². The van der Waals surface area contributed by atoms with Gasteiger partial charge in [0.25, 0.3) is 0 Å². The van der Waals surface area contributed by atoms with E-state index < -0.39 is 0 Å². The molecule has 108 valence electrons. The van der Waals surface area contributed by atoms with Gasteiger partial charge in [-0.1, -0.05) is 12.1 Å². The van der Waals surface area contributed by atoms with Gasteiger partial charge in [0.2, 0.25) is 0 Å². The number of hydrogen-bond acceptors (Lipinski definition) is 3. The van der Waals surface area contributed by atoms with Crippen molar-refractivity contribution in [2.75, 3.05) is 5.73 Å². The molecule has 0 atom stereocenters. The minimum absolute atomic E-state index is 0.929. The molecule has 2 N–H and O–H groups in total. The van der Waals surface area contributed by atoms with Crippen molar-refractivity contribution in [3.63, 3.8) is 0 Å². The summed E-state index contributed by atoms with van der Waals surface area (Å²) in [6.45, 7) is 2.14. The zero-order valence-corrected chi connectivity index (χ0v) is 13.3. The van der Waals surface area contributed by atoms with E-state index in [0.717, 1.165) is 22.8 Å². The van der Waals surface area contributed by atoms with Gasteiger partial charge < -0.3 is 10.3 Å². The molecule has 0 saturated carbocycles. The molecule has 4 heteroatoms. The molecule has 2 aromatic heterocycles. The first-order valence-corrected chi connectivity index (χ1v) is 8.31.